The third-order valence-corrected chi connectivity index (χ3v) is 4.29. The standard InChI is InChI=1S/C23H26N4O/c1-17(2)13-22(28)25-24-14-21-16-27(15-19-7-5-4-6-8-19)26-23(21)20-11-9-18(3)10-12-20/h4-12,14,16-17H,13,15H2,1-3H3,(H,25,28)/b24-14-. The number of carbonyl (C=O) groups excluding carboxylic acids is 1. The number of carbonyl (C=O) groups is 1. The lowest BCUT2D eigenvalue weighted by Gasteiger charge is -2.02. The molecule has 0 aliphatic rings. The summed E-state index contributed by atoms with van der Waals surface area (Å²) in [6, 6.07) is 18.4. The first kappa shape index (κ1) is 19.5. The maximum Gasteiger partial charge on any atom is 0.240 e. The number of aryl methyl sites for hydroxylation is 1. The molecule has 1 N–H and O–H groups in total. The minimum absolute atomic E-state index is 0.0835. The molecule has 144 valence electrons. The molecule has 0 fully saturated rings. The number of nitrogens with one attached hydrogen (secondary N) is 1. The third-order valence-electron chi connectivity index (χ3n) is 4.29. The molecule has 1 aromatic heterocycles. The van der Waals surface area contributed by atoms with Gasteiger partial charge in [0.1, 0.15) is 5.69 Å². The average molecular weight is 374 g/mol. The number of nitrogens with zero attached hydrogens (tertiary/aromatic N) is 3. The number of amides is 1. The molecule has 0 unspecified atom stereocenters. The van der Waals surface area contributed by atoms with E-state index >= 15 is 0 Å². The first-order chi connectivity index (χ1) is 13.5. The normalized spacial score (nSPS) is 11.3. The van der Waals surface area contributed by atoms with Gasteiger partial charge in [0.15, 0.2) is 0 Å². The zero-order chi connectivity index (χ0) is 19.9. The van der Waals surface area contributed by atoms with Crippen LogP contribution in [0.4, 0.5) is 0 Å². The molecule has 0 saturated carbocycles. The van der Waals surface area contributed by atoms with Crippen molar-refractivity contribution in [2.45, 2.75) is 33.7 Å². The van der Waals surface area contributed by atoms with Crippen molar-refractivity contribution in [2.24, 2.45) is 11.0 Å². The fourth-order valence-electron chi connectivity index (χ4n) is 2.91. The van der Waals surface area contributed by atoms with Crippen LogP contribution in [0.3, 0.4) is 0 Å². The Morgan fingerprint density at radius 1 is 1.14 bits per heavy atom. The lowest BCUT2D eigenvalue weighted by Crippen LogP contribution is -2.19. The van der Waals surface area contributed by atoms with Gasteiger partial charge >= 0.3 is 0 Å². The van der Waals surface area contributed by atoms with Gasteiger partial charge in [-0.1, -0.05) is 74.0 Å². The van der Waals surface area contributed by atoms with Gasteiger partial charge in [0.25, 0.3) is 0 Å². The van der Waals surface area contributed by atoms with Crippen molar-refractivity contribution in [3.05, 3.63) is 77.5 Å². The molecule has 2 aromatic carbocycles. The summed E-state index contributed by atoms with van der Waals surface area (Å²) in [5.74, 6) is 0.215. The van der Waals surface area contributed by atoms with Gasteiger partial charge in [-0.05, 0) is 18.4 Å². The van der Waals surface area contributed by atoms with Crippen LogP contribution < -0.4 is 5.43 Å². The average Bonchev–Trinajstić information content (AvgIpc) is 3.05. The summed E-state index contributed by atoms with van der Waals surface area (Å²) >= 11 is 0. The van der Waals surface area contributed by atoms with Crippen LogP contribution in [0.5, 0.6) is 0 Å². The zero-order valence-corrected chi connectivity index (χ0v) is 16.6. The monoisotopic (exact) mass is 374 g/mol. The minimum Gasteiger partial charge on any atom is -0.273 e. The molecule has 3 rings (SSSR count). The second-order valence-corrected chi connectivity index (χ2v) is 7.37. The summed E-state index contributed by atoms with van der Waals surface area (Å²) in [6.07, 6.45) is 4.08. The Balaban J connectivity index is 1.85. The number of hydrazone groups is 1. The van der Waals surface area contributed by atoms with E-state index in [1.807, 2.05) is 42.9 Å². The van der Waals surface area contributed by atoms with Gasteiger partial charge in [-0.2, -0.15) is 10.2 Å². The predicted octanol–water partition coefficient (Wildman–Crippen LogP) is 4.40. The molecule has 0 radical (unpaired) electrons. The summed E-state index contributed by atoms with van der Waals surface area (Å²) in [4.78, 5) is 11.8. The largest absolute Gasteiger partial charge is 0.273 e. The molecule has 1 amide bonds. The van der Waals surface area contributed by atoms with Gasteiger partial charge in [0.05, 0.1) is 12.8 Å². The minimum atomic E-state index is -0.0835. The van der Waals surface area contributed by atoms with Crippen LogP contribution in [-0.2, 0) is 11.3 Å². The maximum absolute atomic E-state index is 11.8. The van der Waals surface area contributed by atoms with Gasteiger partial charge in [0.2, 0.25) is 5.91 Å². The molecular formula is C23H26N4O. The Kier molecular flexibility index (Phi) is 6.37. The van der Waals surface area contributed by atoms with Gasteiger partial charge in [-0.15, -0.1) is 0 Å². The Morgan fingerprint density at radius 2 is 1.86 bits per heavy atom. The fourth-order valence-corrected chi connectivity index (χ4v) is 2.91. The Morgan fingerprint density at radius 3 is 2.54 bits per heavy atom. The highest BCUT2D eigenvalue weighted by Crippen LogP contribution is 2.22. The van der Waals surface area contributed by atoms with E-state index in [0.29, 0.717) is 18.9 Å². The topological polar surface area (TPSA) is 59.3 Å². The SMILES string of the molecule is Cc1ccc(-c2nn(Cc3ccccc3)cc2/C=N\NC(=O)CC(C)C)cc1. The number of hydrogen-bond acceptors (Lipinski definition) is 3. The van der Waals surface area contributed by atoms with Crippen molar-refractivity contribution in [3.63, 3.8) is 0 Å². The number of rotatable bonds is 7. The summed E-state index contributed by atoms with van der Waals surface area (Å²) in [6.45, 7) is 6.75. The van der Waals surface area contributed by atoms with E-state index in [1.165, 1.54) is 11.1 Å². The molecule has 28 heavy (non-hydrogen) atoms. The molecule has 3 aromatic rings. The van der Waals surface area contributed by atoms with Gasteiger partial charge in [-0.3, -0.25) is 9.48 Å². The molecule has 0 spiro atoms. The molecule has 5 heteroatoms. The lowest BCUT2D eigenvalue weighted by molar-refractivity contribution is -0.121. The molecule has 0 bridgehead atoms. The van der Waals surface area contributed by atoms with Crippen LogP contribution in [0.15, 0.2) is 65.9 Å². The molecular weight excluding hydrogens is 348 g/mol. The van der Waals surface area contributed by atoms with Crippen LogP contribution in [-0.4, -0.2) is 21.9 Å². The molecule has 0 atom stereocenters. The first-order valence-electron chi connectivity index (χ1n) is 9.51. The highest BCUT2D eigenvalue weighted by Gasteiger charge is 2.11. The van der Waals surface area contributed by atoms with E-state index in [0.717, 1.165) is 16.8 Å². The van der Waals surface area contributed by atoms with E-state index in [4.69, 9.17) is 5.10 Å². The first-order valence-corrected chi connectivity index (χ1v) is 9.51. The van der Waals surface area contributed by atoms with Crippen LogP contribution in [0, 0.1) is 12.8 Å². The van der Waals surface area contributed by atoms with Crippen molar-refractivity contribution >= 4 is 12.1 Å². The van der Waals surface area contributed by atoms with Gasteiger partial charge < -0.3 is 0 Å². The van der Waals surface area contributed by atoms with E-state index in [1.54, 1.807) is 6.21 Å². The summed E-state index contributed by atoms with van der Waals surface area (Å²) < 4.78 is 1.90. The third kappa shape index (κ3) is 5.39. The Hall–Kier alpha value is -3.21. The molecule has 0 aliphatic carbocycles. The van der Waals surface area contributed by atoms with Crippen LogP contribution in [0.2, 0.25) is 0 Å². The molecule has 0 aliphatic heterocycles. The van der Waals surface area contributed by atoms with Gasteiger partial charge in [0, 0.05) is 23.7 Å². The van der Waals surface area contributed by atoms with Crippen molar-refractivity contribution in [1.29, 1.82) is 0 Å². The molecule has 5 nitrogen and oxygen atoms in total. The summed E-state index contributed by atoms with van der Waals surface area (Å²) in [7, 11) is 0. The van der Waals surface area contributed by atoms with Crippen LogP contribution >= 0.6 is 0 Å². The quantitative estimate of drug-likeness (QED) is 0.492. The molecule has 1 heterocycles. The molecule has 0 saturated heterocycles. The van der Waals surface area contributed by atoms with E-state index < -0.39 is 0 Å². The smallest absolute Gasteiger partial charge is 0.240 e. The van der Waals surface area contributed by atoms with Crippen molar-refractivity contribution in [3.8, 4) is 11.3 Å². The number of aromatic nitrogens is 2. The van der Waals surface area contributed by atoms with Crippen molar-refractivity contribution in [1.82, 2.24) is 15.2 Å². The highest BCUT2D eigenvalue weighted by atomic mass is 16.2. The van der Waals surface area contributed by atoms with Crippen LogP contribution in [0.1, 0.15) is 37.0 Å². The van der Waals surface area contributed by atoms with Gasteiger partial charge in [-0.25, -0.2) is 5.43 Å². The van der Waals surface area contributed by atoms with Crippen LogP contribution in [0.25, 0.3) is 11.3 Å². The predicted molar refractivity (Wildman–Crippen MR) is 113 cm³/mol. The van der Waals surface area contributed by atoms with Crippen molar-refractivity contribution in [2.75, 3.05) is 0 Å². The highest BCUT2D eigenvalue weighted by molar-refractivity contribution is 5.89. The number of benzene rings is 2. The second-order valence-electron chi connectivity index (χ2n) is 7.37. The van der Waals surface area contributed by atoms with E-state index in [9.17, 15) is 4.79 Å². The Labute approximate surface area is 166 Å². The van der Waals surface area contributed by atoms with Crippen molar-refractivity contribution < 1.29 is 4.79 Å². The fraction of sp³-hybridized carbons (Fsp3) is 0.261. The van der Waals surface area contributed by atoms with E-state index in [2.05, 4.69) is 53.8 Å². The zero-order valence-electron chi connectivity index (χ0n) is 16.6. The second kappa shape index (κ2) is 9.13. The lowest BCUT2D eigenvalue weighted by atomic mass is 10.1. The Bertz CT molecular complexity index is 940. The summed E-state index contributed by atoms with van der Waals surface area (Å²) in [5.41, 5.74) is 7.71. The summed E-state index contributed by atoms with van der Waals surface area (Å²) in [5, 5.41) is 8.91. The van der Waals surface area contributed by atoms with E-state index in [-0.39, 0.29) is 5.91 Å². The number of hydrogen-bond donors (Lipinski definition) is 1. The maximum atomic E-state index is 11.8.